The van der Waals surface area contributed by atoms with E-state index in [1.807, 2.05) is 13.8 Å². The molecule has 30 heavy (non-hydrogen) atoms. The Morgan fingerprint density at radius 3 is 2.63 bits per heavy atom. The molecule has 2 unspecified atom stereocenters. The maximum Gasteiger partial charge on any atom is 0.419 e. The Balaban J connectivity index is 1.84. The van der Waals surface area contributed by atoms with Gasteiger partial charge in [-0.25, -0.2) is 15.0 Å². The number of hydrogen-bond acceptors (Lipinski definition) is 7. The number of anilines is 2. The van der Waals surface area contributed by atoms with Crippen molar-refractivity contribution < 1.29 is 17.9 Å². The average molecular weight is 437 g/mol. The van der Waals surface area contributed by atoms with Gasteiger partial charge in [-0.2, -0.15) is 13.2 Å². The van der Waals surface area contributed by atoms with Gasteiger partial charge < -0.3 is 15.8 Å². The maximum absolute atomic E-state index is 13.7. The second kappa shape index (κ2) is 9.40. The summed E-state index contributed by atoms with van der Waals surface area (Å²) in [5.74, 6) is 0.0751. The van der Waals surface area contributed by atoms with E-state index < -0.39 is 11.7 Å². The van der Waals surface area contributed by atoms with Crippen LogP contribution in [0.3, 0.4) is 0 Å². The fourth-order valence-corrected chi connectivity index (χ4v) is 3.45. The molecule has 160 valence electrons. The lowest BCUT2D eigenvalue weighted by Crippen LogP contribution is -2.22. The largest absolute Gasteiger partial charge is 0.493 e. The molecule has 3 N–H and O–H groups in total. The zero-order chi connectivity index (χ0) is 21.7. The average Bonchev–Trinajstić information content (AvgIpc) is 3.18. The Morgan fingerprint density at radius 1 is 1.17 bits per heavy atom. The number of thiazole rings is 1. The van der Waals surface area contributed by atoms with Crippen molar-refractivity contribution >= 4 is 22.4 Å². The van der Waals surface area contributed by atoms with E-state index in [4.69, 9.17) is 10.5 Å². The van der Waals surface area contributed by atoms with Crippen LogP contribution >= 0.6 is 11.3 Å². The van der Waals surface area contributed by atoms with Gasteiger partial charge in [0.25, 0.3) is 0 Å². The van der Waals surface area contributed by atoms with Crippen molar-refractivity contribution in [3.8, 4) is 17.0 Å². The molecular formula is C20H22F3N5OS. The number of rotatable bonds is 8. The minimum Gasteiger partial charge on any atom is -0.493 e. The lowest BCUT2D eigenvalue weighted by molar-refractivity contribution is -0.139. The highest BCUT2D eigenvalue weighted by Crippen LogP contribution is 2.39. The molecule has 0 aliphatic rings. The number of alkyl halides is 3. The van der Waals surface area contributed by atoms with Gasteiger partial charge >= 0.3 is 6.18 Å². The monoisotopic (exact) mass is 437 g/mol. The van der Waals surface area contributed by atoms with Gasteiger partial charge in [-0.1, -0.05) is 6.92 Å². The number of benzene rings is 1. The summed E-state index contributed by atoms with van der Waals surface area (Å²) in [7, 11) is 0. The lowest BCUT2D eigenvalue weighted by Gasteiger charge is -2.19. The van der Waals surface area contributed by atoms with Gasteiger partial charge in [-0.15, -0.1) is 11.3 Å². The van der Waals surface area contributed by atoms with E-state index in [2.05, 4.69) is 20.3 Å². The number of halogens is 3. The molecule has 0 fully saturated rings. The lowest BCUT2D eigenvalue weighted by atomic mass is 10.0. The zero-order valence-corrected chi connectivity index (χ0v) is 17.3. The fraction of sp³-hybridized carbons (Fsp3) is 0.350. The van der Waals surface area contributed by atoms with Crippen LogP contribution in [0.5, 0.6) is 5.75 Å². The highest BCUT2D eigenvalue weighted by atomic mass is 32.1. The van der Waals surface area contributed by atoms with Crippen LogP contribution in [0.1, 0.15) is 25.8 Å². The van der Waals surface area contributed by atoms with Gasteiger partial charge in [-0.3, -0.25) is 0 Å². The van der Waals surface area contributed by atoms with E-state index in [9.17, 15) is 13.2 Å². The van der Waals surface area contributed by atoms with Gasteiger partial charge in [0.05, 0.1) is 17.9 Å². The Bertz CT molecular complexity index is 963. The Labute approximate surface area is 176 Å². The van der Waals surface area contributed by atoms with Crippen LogP contribution in [-0.4, -0.2) is 27.6 Å². The Kier molecular flexibility index (Phi) is 6.88. The summed E-state index contributed by atoms with van der Waals surface area (Å²) in [4.78, 5) is 12.5. The first-order valence-electron chi connectivity index (χ1n) is 9.32. The number of ether oxygens (including phenoxy) is 1. The number of nitrogens with zero attached hydrogens (tertiary/aromatic N) is 3. The molecule has 0 saturated heterocycles. The third kappa shape index (κ3) is 5.90. The molecule has 0 aliphatic carbocycles. The highest BCUT2D eigenvalue weighted by molar-refractivity contribution is 7.13. The summed E-state index contributed by atoms with van der Waals surface area (Å²) in [5.41, 5.74) is 5.56. The quantitative estimate of drug-likeness (QED) is 0.509. The molecule has 0 radical (unpaired) electrons. The normalized spacial score (nSPS) is 13.7. The maximum atomic E-state index is 13.7. The van der Waals surface area contributed by atoms with Crippen molar-refractivity contribution in [3.63, 3.8) is 0 Å². The van der Waals surface area contributed by atoms with E-state index in [0.29, 0.717) is 22.8 Å². The van der Waals surface area contributed by atoms with Crippen molar-refractivity contribution in [3.05, 3.63) is 47.6 Å². The van der Waals surface area contributed by atoms with Crippen LogP contribution in [0.4, 0.5) is 24.3 Å². The Hall–Kier alpha value is -2.72. The van der Waals surface area contributed by atoms with Crippen molar-refractivity contribution in [1.29, 1.82) is 0 Å². The molecule has 6 nitrogen and oxygen atoms in total. The number of hydrogen-bond donors (Lipinski definition) is 2. The van der Waals surface area contributed by atoms with Crippen LogP contribution in [0.2, 0.25) is 0 Å². The summed E-state index contributed by atoms with van der Waals surface area (Å²) in [6.45, 7) is 3.90. The van der Waals surface area contributed by atoms with Crippen LogP contribution in [0.25, 0.3) is 11.3 Å². The molecule has 2 aromatic heterocycles. The molecular weight excluding hydrogens is 415 g/mol. The first-order chi connectivity index (χ1) is 14.2. The van der Waals surface area contributed by atoms with E-state index >= 15 is 0 Å². The number of aromatic nitrogens is 3. The molecule has 2 atom stereocenters. The van der Waals surface area contributed by atoms with Crippen LogP contribution in [0.15, 0.2) is 42.0 Å². The van der Waals surface area contributed by atoms with E-state index in [0.717, 1.165) is 6.07 Å². The predicted octanol–water partition coefficient (Wildman–Crippen LogP) is 5.11. The molecule has 0 spiro atoms. The molecule has 3 rings (SSSR count). The van der Waals surface area contributed by atoms with Gasteiger partial charge in [0, 0.05) is 29.4 Å². The van der Waals surface area contributed by atoms with Crippen molar-refractivity contribution in [2.75, 3.05) is 11.9 Å². The molecule has 0 amide bonds. The molecule has 10 heteroatoms. The SMILES string of the molecule is CC(N)CC(C)COc1ccc(-c2ccnc(Nc3nccs3)n2)cc1C(F)(F)F. The first-order valence-corrected chi connectivity index (χ1v) is 10.2. The minimum absolute atomic E-state index is 0.0344. The Morgan fingerprint density at radius 2 is 1.97 bits per heavy atom. The molecule has 1 aromatic carbocycles. The molecule has 0 bridgehead atoms. The minimum atomic E-state index is -4.56. The van der Waals surface area contributed by atoms with Crippen molar-refractivity contribution in [2.24, 2.45) is 11.7 Å². The second-order valence-corrected chi connectivity index (χ2v) is 7.96. The van der Waals surface area contributed by atoms with Crippen LogP contribution in [0, 0.1) is 5.92 Å². The molecule has 0 aliphatic heterocycles. The number of nitrogens with one attached hydrogen (secondary N) is 1. The van der Waals surface area contributed by atoms with Crippen molar-refractivity contribution in [1.82, 2.24) is 15.0 Å². The predicted molar refractivity (Wildman–Crippen MR) is 111 cm³/mol. The van der Waals surface area contributed by atoms with Gasteiger partial charge in [-0.05, 0) is 43.5 Å². The first kappa shape index (κ1) is 22.0. The van der Waals surface area contributed by atoms with Gasteiger partial charge in [0.15, 0.2) is 5.13 Å². The van der Waals surface area contributed by atoms with Crippen LogP contribution in [-0.2, 0) is 6.18 Å². The standard InChI is InChI=1S/C20H22F3N5OS/c1-12(9-13(2)24)11-29-17-4-3-14(10-15(17)20(21,22)23)16-5-6-25-18(27-16)28-19-26-7-8-30-19/h3-8,10,12-13H,9,11,24H2,1-2H3,(H,25,26,27,28). The van der Waals surface area contributed by atoms with E-state index in [1.165, 1.54) is 23.6 Å². The number of nitrogens with two attached hydrogens (primary N) is 1. The third-order valence-corrected chi connectivity index (χ3v) is 4.87. The second-order valence-electron chi connectivity index (χ2n) is 7.07. The third-order valence-electron chi connectivity index (χ3n) is 4.18. The van der Waals surface area contributed by atoms with Gasteiger partial charge in [0.2, 0.25) is 5.95 Å². The molecule has 2 heterocycles. The van der Waals surface area contributed by atoms with Gasteiger partial charge in [0.1, 0.15) is 5.75 Å². The zero-order valence-electron chi connectivity index (χ0n) is 16.5. The molecule has 0 saturated carbocycles. The summed E-state index contributed by atoms with van der Waals surface area (Å²) in [6.07, 6.45) is -0.800. The highest BCUT2D eigenvalue weighted by Gasteiger charge is 2.35. The summed E-state index contributed by atoms with van der Waals surface area (Å²) < 4.78 is 46.5. The summed E-state index contributed by atoms with van der Waals surface area (Å²) in [5, 5.41) is 5.30. The van der Waals surface area contributed by atoms with E-state index in [1.54, 1.807) is 23.7 Å². The summed E-state index contributed by atoms with van der Waals surface area (Å²) in [6, 6.07) is 5.43. The molecule has 3 aromatic rings. The van der Waals surface area contributed by atoms with E-state index in [-0.39, 0.29) is 30.3 Å². The van der Waals surface area contributed by atoms with Crippen LogP contribution < -0.4 is 15.8 Å². The fourth-order valence-electron chi connectivity index (χ4n) is 2.93. The topological polar surface area (TPSA) is 86.0 Å². The summed E-state index contributed by atoms with van der Waals surface area (Å²) >= 11 is 1.36. The smallest absolute Gasteiger partial charge is 0.419 e. The van der Waals surface area contributed by atoms with Crippen molar-refractivity contribution in [2.45, 2.75) is 32.5 Å².